The van der Waals surface area contributed by atoms with E-state index in [0.717, 1.165) is 0 Å². The van der Waals surface area contributed by atoms with Gasteiger partial charge in [-0.2, -0.15) is 0 Å². The molecule has 0 aromatic carbocycles. The molecule has 0 aromatic rings. The molecule has 0 aromatic heterocycles. The first-order valence-electron chi connectivity index (χ1n) is 0.894. The second-order valence-electron chi connectivity index (χ2n) is 0.600. The van der Waals surface area contributed by atoms with Gasteiger partial charge in [-0.15, -0.1) is 0 Å². The summed E-state index contributed by atoms with van der Waals surface area (Å²) in [5, 5.41) is 0. The van der Waals surface area contributed by atoms with Crippen LogP contribution in [-0.4, -0.2) is 51.1 Å². The van der Waals surface area contributed by atoms with Crippen LogP contribution in [0.2, 0.25) is 0 Å². The molecule has 6 N–H and O–H groups in total. The van der Waals surface area contributed by atoms with Crippen molar-refractivity contribution >= 4 is 26.4 Å². The Labute approximate surface area is 71.6 Å². The van der Waals surface area contributed by atoms with Crippen molar-refractivity contribution in [2.45, 2.75) is 0 Å². The Kier molecular flexibility index (Phi) is 23.3. The van der Waals surface area contributed by atoms with E-state index >= 15 is 0 Å². The van der Waals surface area contributed by atoms with Crippen molar-refractivity contribution in [2.24, 2.45) is 0 Å². The van der Waals surface area contributed by atoms with E-state index < -0.39 is 9.05 Å². The Morgan fingerprint density at radius 3 is 1.00 bits per heavy atom. The second kappa shape index (κ2) is 8.15. The van der Waals surface area contributed by atoms with Crippen LogP contribution in [-0.2, 0) is 0 Å². The van der Waals surface area contributed by atoms with Gasteiger partial charge in [0.2, 0.25) is 0 Å². The predicted octanol–water partition coefficient (Wildman–Crippen LogP) is -7.50. The topological polar surface area (TPSA) is 112 Å². The average Bonchev–Trinajstić information content (AvgIpc) is 0.722. The first kappa shape index (κ1) is 22.9. The summed E-state index contributed by atoms with van der Waals surface area (Å²) >= 11 is 0. The fourth-order valence-corrected chi connectivity index (χ4v) is 0. The summed E-state index contributed by atoms with van der Waals surface area (Å²) in [6.45, 7) is 0. The zero-order chi connectivity index (χ0) is 4.50. The normalized spacial score (nSPS) is 7.50. The molecule has 0 heterocycles. The van der Waals surface area contributed by atoms with Crippen LogP contribution in [0.25, 0.3) is 0 Å². The van der Waals surface area contributed by atoms with Crippen LogP contribution in [0.1, 0.15) is 1.43 Å². The van der Waals surface area contributed by atoms with Crippen molar-refractivity contribution in [3.8, 4) is 0 Å². The smallest absolute Gasteiger partial charge is 1.00 e. The SMILES string of the molecule is O.O[Si](O)(O)O.[AlH3].[H-].[Li+]. The van der Waals surface area contributed by atoms with Gasteiger partial charge < -0.3 is 26.1 Å². The van der Waals surface area contributed by atoms with Gasteiger partial charge in [-0.05, 0) is 0 Å². The molecule has 5 nitrogen and oxygen atoms in total. The van der Waals surface area contributed by atoms with E-state index in [2.05, 4.69) is 0 Å². The Hall–Kier alpha value is 1.15. The standard InChI is InChI=1S/Al.Li.H4O4Si.H2O.4H/c;;1-5(2,3)4;;;;;/h;;1-4H;1H2;;;;/q;+1;;;;;;-1. The Balaban J connectivity index is -0.0000000133. The van der Waals surface area contributed by atoms with Crippen LogP contribution in [0, 0.1) is 0 Å². The maximum atomic E-state index is 7.33. The number of rotatable bonds is 0. The van der Waals surface area contributed by atoms with Gasteiger partial charge in [-0.1, -0.05) is 0 Å². The molecular formula is H10AlLiO5Si. The zero-order valence-electron chi connectivity index (χ0n) is 4.79. The van der Waals surface area contributed by atoms with Gasteiger partial charge in [0, 0.05) is 0 Å². The van der Waals surface area contributed by atoms with Gasteiger partial charge in [0.1, 0.15) is 0 Å². The third-order valence-corrected chi connectivity index (χ3v) is 0. The van der Waals surface area contributed by atoms with Crippen LogP contribution in [0.15, 0.2) is 0 Å². The summed E-state index contributed by atoms with van der Waals surface area (Å²) in [7, 11) is -4.61. The maximum Gasteiger partial charge on any atom is 1.00 e. The molecule has 0 radical (unpaired) electrons. The first-order chi connectivity index (χ1) is 2.00. The van der Waals surface area contributed by atoms with E-state index in [0.29, 0.717) is 0 Å². The summed E-state index contributed by atoms with van der Waals surface area (Å²) < 4.78 is 0. The molecule has 8 heavy (non-hydrogen) atoms. The monoisotopic (exact) mass is 152 g/mol. The van der Waals surface area contributed by atoms with Crippen molar-refractivity contribution < 1.29 is 44.9 Å². The van der Waals surface area contributed by atoms with Gasteiger partial charge in [-0.3, -0.25) is 0 Å². The van der Waals surface area contributed by atoms with Crippen LogP contribution >= 0.6 is 0 Å². The molecule has 48 valence electrons. The quantitative estimate of drug-likeness (QED) is 0.258. The minimum Gasteiger partial charge on any atom is -1.00 e. The summed E-state index contributed by atoms with van der Waals surface area (Å²) in [6.07, 6.45) is 0. The molecule has 0 aliphatic carbocycles. The first-order valence-corrected chi connectivity index (χ1v) is 2.68. The van der Waals surface area contributed by atoms with Gasteiger partial charge in [0.05, 0.1) is 0 Å². The van der Waals surface area contributed by atoms with Gasteiger partial charge >= 0.3 is 27.9 Å². The molecule has 0 bridgehead atoms. The van der Waals surface area contributed by atoms with Gasteiger partial charge in [0.25, 0.3) is 0 Å². The van der Waals surface area contributed by atoms with Crippen molar-refractivity contribution in [1.82, 2.24) is 0 Å². The summed E-state index contributed by atoms with van der Waals surface area (Å²) in [5.74, 6) is 0. The Bertz CT molecular complexity index is 32.4. The number of hydrogen-bond acceptors (Lipinski definition) is 4. The van der Waals surface area contributed by atoms with E-state index in [1.165, 1.54) is 0 Å². The molecule has 0 spiro atoms. The molecule has 0 saturated heterocycles. The Morgan fingerprint density at radius 2 is 1.00 bits per heavy atom. The van der Waals surface area contributed by atoms with E-state index in [-0.39, 0.29) is 43.1 Å². The fraction of sp³-hybridized carbons (Fsp3) is 0. The molecule has 8 heteroatoms. The molecule has 0 rings (SSSR count). The second-order valence-corrected chi connectivity index (χ2v) is 1.80. The minimum atomic E-state index is -4.61. The van der Waals surface area contributed by atoms with E-state index in [1.54, 1.807) is 0 Å². The molecule has 0 amide bonds. The van der Waals surface area contributed by atoms with E-state index in [1.807, 2.05) is 0 Å². The minimum absolute atomic E-state index is 0. The summed E-state index contributed by atoms with van der Waals surface area (Å²) in [5.41, 5.74) is 0. The maximum absolute atomic E-state index is 7.33. The fourth-order valence-electron chi connectivity index (χ4n) is 0. The van der Waals surface area contributed by atoms with Crippen molar-refractivity contribution in [1.29, 1.82) is 0 Å². The third-order valence-electron chi connectivity index (χ3n) is 0. The van der Waals surface area contributed by atoms with Crippen LogP contribution in [0.4, 0.5) is 0 Å². The van der Waals surface area contributed by atoms with Crippen molar-refractivity contribution in [3.05, 3.63) is 0 Å². The predicted molar refractivity (Wildman–Crippen MR) is 29.3 cm³/mol. The third kappa shape index (κ3) is 205. The molecule has 0 atom stereocenters. The van der Waals surface area contributed by atoms with E-state index in [4.69, 9.17) is 19.2 Å². The average molecular weight is 152 g/mol. The molecule has 0 aliphatic heterocycles. The van der Waals surface area contributed by atoms with Gasteiger partial charge in [0.15, 0.2) is 17.4 Å². The summed E-state index contributed by atoms with van der Waals surface area (Å²) in [4.78, 5) is 29.3. The number of hydrogen-bond donors (Lipinski definition) is 4. The van der Waals surface area contributed by atoms with Crippen molar-refractivity contribution in [2.75, 3.05) is 0 Å². The van der Waals surface area contributed by atoms with Crippen LogP contribution < -0.4 is 18.9 Å². The van der Waals surface area contributed by atoms with Crippen LogP contribution in [0.3, 0.4) is 0 Å². The van der Waals surface area contributed by atoms with Gasteiger partial charge in [-0.25, -0.2) is 0 Å². The molecule has 0 aliphatic rings. The van der Waals surface area contributed by atoms with Crippen LogP contribution in [0.5, 0.6) is 0 Å². The molecule has 0 unspecified atom stereocenters. The van der Waals surface area contributed by atoms with E-state index in [9.17, 15) is 0 Å². The molecule has 0 fully saturated rings. The molecular weight excluding hydrogens is 142 g/mol. The molecule has 0 saturated carbocycles. The summed E-state index contributed by atoms with van der Waals surface area (Å²) in [6, 6.07) is 0. The van der Waals surface area contributed by atoms with Crippen molar-refractivity contribution in [3.63, 3.8) is 0 Å². The zero-order valence-corrected chi connectivity index (χ0v) is 4.79. The largest absolute Gasteiger partial charge is 1.00 e. The Morgan fingerprint density at radius 1 is 1.00 bits per heavy atom.